The quantitative estimate of drug-likeness (QED) is 0.852. The Kier molecular flexibility index (Phi) is 5.62. The summed E-state index contributed by atoms with van der Waals surface area (Å²) in [6.45, 7) is 7.67. The molecular formula is C20H27N3O3S. The van der Waals surface area contributed by atoms with Gasteiger partial charge in [-0.05, 0) is 68.4 Å². The number of likely N-dealkylation sites (N-methyl/N-ethyl adjacent to an activating group) is 1. The van der Waals surface area contributed by atoms with Gasteiger partial charge in [-0.15, -0.1) is 0 Å². The Hall–Kier alpha value is -2.25. The van der Waals surface area contributed by atoms with E-state index < -0.39 is 10.0 Å². The zero-order valence-electron chi connectivity index (χ0n) is 16.3. The average Bonchev–Trinajstić information content (AvgIpc) is 2.65. The fraction of sp³-hybridized carbons (Fsp3) is 0.400. The summed E-state index contributed by atoms with van der Waals surface area (Å²) in [4.78, 5) is 4.89. The van der Waals surface area contributed by atoms with Gasteiger partial charge in [0.25, 0.3) is 10.0 Å². The van der Waals surface area contributed by atoms with Crippen molar-refractivity contribution in [2.45, 2.75) is 18.7 Å². The molecule has 0 amide bonds. The molecule has 0 bridgehead atoms. The fourth-order valence-corrected chi connectivity index (χ4v) is 4.66. The van der Waals surface area contributed by atoms with E-state index in [9.17, 15) is 8.42 Å². The summed E-state index contributed by atoms with van der Waals surface area (Å²) in [5.74, 6) is 0.683. The van der Waals surface area contributed by atoms with Crippen LogP contribution in [0.15, 0.2) is 41.3 Å². The Labute approximate surface area is 161 Å². The Bertz CT molecular complexity index is 903. The normalized spacial score (nSPS) is 15.6. The van der Waals surface area contributed by atoms with E-state index in [1.54, 1.807) is 26.2 Å². The number of sulfonamides is 1. The number of benzene rings is 2. The first-order valence-electron chi connectivity index (χ1n) is 9.02. The van der Waals surface area contributed by atoms with Gasteiger partial charge in [-0.3, -0.25) is 4.72 Å². The number of hydrogen-bond donors (Lipinski definition) is 1. The topological polar surface area (TPSA) is 61.9 Å². The minimum Gasteiger partial charge on any atom is -0.496 e. The number of anilines is 2. The average molecular weight is 390 g/mol. The minimum atomic E-state index is -3.66. The largest absolute Gasteiger partial charge is 0.496 e. The summed E-state index contributed by atoms with van der Waals surface area (Å²) in [6, 6.07) is 10.8. The van der Waals surface area contributed by atoms with E-state index in [0.717, 1.165) is 37.4 Å². The van der Waals surface area contributed by atoms with Crippen LogP contribution < -0.4 is 14.4 Å². The second-order valence-electron chi connectivity index (χ2n) is 6.96. The van der Waals surface area contributed by atoms with Gasteiger partial charge in [0, 0.05) is 37.6 Å². The van der Waals surface area contributed by atoms with E-state index in [4.69, 9.17) is 4.74 Å². The number of hydrogen-bond acceptors (Lipinski definition) is 5. The van der Waals surface area contributed by atoms with E-state index in [1.807, 2.05) is 31.2 Å². The molecule has 2 aromatic rings. The van der Waals surface area contributed by atoms with Crippen LogP contribution in [0, 0.1) is 13.8 Å². The third-order valence-corrected chi connectivity index (χ3v) is 6.71. The molecule has 7 heteroatoms. The Morgan fingerprint density at radius 3 is 2.15 bits per heavy atom. The van der Waals surface area contributed by atoms with Gasteiger partial charge < -0.3 is 14.5 Å². The molecule has 0 unspecified atom stereocenters. The molecule has 6 nitrogen and oxygen atoms in total. The van der Waals surface area contributed by atoms with Gasteiger partial charge in [0.1, 0.15) is 5.75 Å². The second-order valence-corrected chi connectivity index (χ2v) is 8.61. The molecule has 1 N–H and O–H groups in total. The second kappa shape index (κ2) is 7.78. The van der Waals surface area contributed by atoms with Crippen LogP contribution in [0.4, 0.5) is 11.4 Å². The van der Waals surface area contributed by atoms with Crippen LogP contribution in [0.2, 0.25) is 0 Å². The Balaban J connectivity index is 1.77. The lowest BCUT2D eigenvalue weighted by Gasteiger charge is -2.34. The lowest BCUT2D eigenvalue weighted by Crippen LogP contribution is -2.44. The summed E-state index contributed by atoms with van der Waals surface area (Å²) in [6.07, 6.45) is 0. The van der Waals surface area contributed by atoms with E-state index in [2.05, 4.69) is 21.6 Å². The van der Waals surface area contributed by atoms with Crippen molar-refractivity contribution in [2.75, 3.05) is 50.0 Å². The van der Waals surface area contributed by atoms with Crippen molar-refractivity contribution in [3.05, 3.63) is 47.5 Å². The molecule has 1 aliphatic rings. The number of piperazine rings is 1. The third-order valence-electron chi connectivity index (χ3n) is 5.19. The van der Waals surface area contributed by atoms with Crippen molar-refractivity contribution in [3.63, 3.8) is 0 Å². The van der Waals surface area contributed by atoms with Crippen molar-refractivity contribution in [1.29, 1.82) is 0 Å². The maximum atomic E-state index is 12.8. The summed E-state index contributed by atoms with van der Waals surface area (Å²) < 4.78 is 33.6. The van der Waals surface area contributed by atoms with Crippen LogP contribution in [0.25, 0.3) is 0 Å². The molecule has 2 aromatic carbocycles. The smallest absolute Gasteiger partial charge is 0.262 e. The first-order valence-corrected chi connectivity index (χ1v) is 10.5. The Morgan fingerprint density at radius 2 is 1.56 bits per heavy atom. The highest BCUT2D eigenvalue weighted by Crippen LogP contribution is 2.28. The first-order chi connectivity index (χ1) is 12.8. The lowest BCUT2D eigenvalue weighted by atomic mass is 10.1. The molecule has 1 saturated heterocycles. The molecule has 0 radical (unpaired) electrons. The van der Waals surface area contributed by atoms with Crippen LogP contribution in [0.1, 0.15) is 11.1 Å². The molecule has 0 aromatic heterocycles. The molecule has 0 spiro atoms. The zero-order chi connectivity index (χ0) is 19.6. The summed E-state index contributed by atoms with van der Waals surface area (Å²) in [5.41, 5.74) is 3.19. The first kappa shape index (κ1) is 19.5. The van der Waals surface area contributed by atoms with Crippen LogP contribution >= 0.6 is 0 Å². The van der Waals surface area contributed by atoms with Crippen molar-refractivity contribution >= 4 is 21.4 Å². The molecule has 0 saturated carbocycles. The van der Waals surface area contributed by atoms with Crippen LogP contribution in [-0.4, -0.2) is 53.7 Å². The van der Waals surface area contributed by atoms with Crippen molar-refractivity contribution in [2.24, 2.45) is 0 Å². The molecule has 3 rings (SSSR count). The van der Waals surface area contributed by atoms with E-state index in [0.29, 0.717) is 17.0 Å². The van der Waals surface area contributed by atoms with Crippen LogP contribution in [0.3, 0.4) is 0 Å². The fourth-order valence-electron chi connectivity index (χ4n) is 3.30. The highest BCUT2D eigenvalue weighted by atomic mass is 32.2. The van der Waals surface area contributed by atoms with Gasteiger partial charge >= 0.3 is 0 Å². The number of nitrogens with one attached hydrogen (secondary N) is 1. The molecule has 27 heavy (non-hydrogen) atoms. The van der Waals surface area contributed by atoms with E-state index in [1.165, 1.54) is 0 Å². The number of ether oxygens (including phenoxy) is 1. The van der Waals surface area contributed by atoms with Crippen molar-refractivity contribution in [1.82, 2.24) is 4.90 Å². The highest BCUT2D eigenvalue weighted by molar-refractivity contribution is 7.92. The van der Waals surface area contributed by atoms with Crippen molar-refractivity contribution in [3.8, 4) is 5.75 Å². The summed E-state index contributed by atoms with van der Waals surface area (Å²) in [7, 11) is 0.0403. The van der Waals surface area contributed by atoms with E-state index >= 15 is 0 Å². The maximum absolute atomic E-state index is 12.8. The zero-order valence-corrected chi connectivity index (χ0v) is 17.1. The standard InChI is InChI=1S/C20H27N3O3S/c1-15-16(2)20(10-9-19(15)26-4)27(24,25)21-17-5-7-18(8-6-17)23-13-11-22(3)12-14-23/h5-10,21H,11-14H2,1-4H3. The lowest BCUT2D eigenvalue weighted by molar-refractivity contribution is 0.313. The molecule has 0 aliphatic carbocycles. The predicted molar refractivity (Wildman–Crippen MR) is 109 cm³/mol. The van der Waals surface area contributed by atoms with Gasteiger partial charge in [-0.1, -0.05) is 0 Å². The van der Waals surface area contributed by atoms with Gasteiger partial charge in [0.15, 0.2) is 0 Å². The minimum absolute atomic E-state index is 0.268. The van der Waals surface area contributed by atoms with Gasteiger partial charge in [0.2, 0.25) is 0 Å². The monoisotopic (exact) mass is 389 g/mol. The number of nitrogens with zero attached hydrogens (tertiary/aromatic N) is 2. The molecular weight excluding hydrogens is 362 g/mol. The van der Waals surface area contributed by atoms with E-state index in [-0.39, 0.29) is 4.90 Å². The Morgan fingerprint density at radius 1 is 0.926 bits per heavy atom. The maximum Gasteiger partial charge on any atom is 0.262 e. The highest BCUT2D eigenvalue weighted by Gasteiger charge is 2.20. The molecule has 1 fully saturated rings. The predicted octanol–water partition coefficient (Wildman–Crippen LogP) is 2.86. The third kappa shape index (κ3) is 4.20. The molecule has 1 heterocycles. The van der Waals surface area contributed by atoms with Gasteiger partial charge in [0.05, 0.1) is 12.0 Å². The molecule has 0 atom stereocenters. The summed E-state index contributed by atoms with van der Waals surface area (Å²) in [5, 5.41) is 0. The SMILES string of the molecule is COc1ccc(S(=O)(=O)Nc2ccc(N3CCN(C)CC3)cc2)c(C)c1C. The molecule has 146 valence electrons. The number of rotatable bonds is 5. The summed E-state index contributed by atoms with van der Waals surface area (Å²) >= 11 is 0. The van der Waals surface area contributed by atoms with Crippen LogP contribution in [-0.2, 0) is 10.0 Å². The molecule has 1 aliphatic heterocycles. The van der Waals surface area contributed by atoms with Crippen molar-refractivity contribution < 1.29 is 13.2 Å². The van der Waals surface area contributed by atoms with Gasteiger partial charge in [-0.25, -0.2) is 8.42 Å². The number of methoxy groups -OCH3 is 1. The van der Waals surface area contributed by atoms with Gasteiger partial charge in [-0.2, -0.15) is 0 Å². The van der Waals surface area contributed by atoms with Crippen LogP contribution in [0.5, 0.6) is 5.75 Å².